The fraction of sp³-hybridized carbons (Fsp3) is 0.429. The Morgan fingerprint density at radius 1 is 1.80 bits per heavy atom. The number of carbonyl (C=O) groups excluding carboxylic acids is 1. The number of aromatic nitrogens is 2. The molecular formula is C7H8ClN3O4. The highest BCUT2D eigenvalue weighted by atomic mass is 35.5. The van der Waals surface area contributed by atoms with Gasteiger partial charge in [0.15, 0.2) is 5.82 Å². The molecule has 0 N–H and O–H groups in total. The summed E-state index contributed by atoms with van der Waals surface area (Å²) in [7, 11) is 0. The molecule has 1 heterocycles. The molecule has 0 fully saturated rings. The molecule has 0 aliphatic heterocycles. The smallest absolute Gasteiger partial charge is 0.403 e. The number of hydrogen-bond acceptors (Lipinski definition) is 5. The number of ether oxygens (including phenoxy) is 1. The Morgan fingerprint density at radius 3 is 3.00 bits per heavy atom. The molecule has 0 bridgehead atoms. The summed E-state index contributed by atoms with van der Waals surface area (Å²) in [4.78, 5) is 24.0. The van der Waals surface area contributed by atoms with E-state index in [0.717, 1.165) is 6.20 Å². The van der Waals surface area contributed by atoms with Crippen LogP contribution in [-0.4, -0.2) is 26.5 Å². The van der Waals surface area contributed by atoms with Gasteiger partial charge in [0, 0.05) is 18.5 Å². The first-order valence-corrected chi connectivity index (χ1v) is 4.39. The molecule has 1 aromatic heterocycles. The van der Waals surface area contributed by atoms with Crippen LogP contribution in [0.15, 0.2) is 6.20 Å². The molecule has 0 amide bonds. The molecule has 0 aromatic carbocycles. The average molecular weight is 234 g/mol. The minimum absolute atomic E-state index is 0.0274. The van der Waals surface area contributed by atoms with E-state index in [9.17, 15) is 14.9 Å². The molecule has 0 aliphatic carbocycles. The second kappa shape index (κ2) is 4.74. The van der Waals surface area contributed by atoms with Crippen LogP contribution in [0.25, 0.3) is 0 Å². The molecule has 0 saturated carbocycles. The average Bonchev–Trinajstić information content (AvgIpc) is 2.47. The summed E-state index contributed by atoms with van der Waals surface area (Å²) in [5.74, 6) is 0.338. The molecule has 0 unspecified atom stereocenters. The Kier molecular flexibility index (Phi) is 3.62. The van der Waals surface area contributed by atoms with Crippen molar-refractivity contribution < 1.29 is 14.5 Å². The lowest BCUT2D eigenvalue weighted by molar-refractivity contribution is -0.392. The first kappa shape index (κ1) is 11.4. The highest BCUT2D eigenvalue weighted by molar-refractivity contribution is 6.61. The highest BCUT2D eigenvalue weighted by Crippen LogP contribution is 2.13. The van der Waals surface area contributed by atoms with E-state index in [-0.39, 0.29) is 19.0 Å². The molecule has 82 valence electrons. The zero-order valence-corrected chi connectivity index (χ0v) is 8.60. The number of aryl methyl sites for hydroxylation is 1. The van der Waals surface area contributed by atoms with E-state index in [2.05, 4.69) is 9.72 Å². The van der Waals surface area contributed by atoms with E-state index >= 15 is 0 Å². The first-order chi connectivity index (χ1) is 7.02. The molecule has 1 aromatic rings. The fourth-order valence-electron chi connectivity index (χ4n) is 1.10. The van der Waals surface area contributed by atoms with Crippen molar-refractivity contribution >= 4 is 22.8 Å². The van der Waals surface area contributed by atoms with E-state index in [1.54, 1.807) is 6.92 Å². The highest BCUT2D eigenvalue weighted by Gasteiger charge is 2.17. The van der Waals surface area contributed by atoms with Crippen LogP contribution in [-0.2, 0) is 11.3 Å². The second-order valence-electron chi connectivity index (χ2n) is 2.66. The molecule has 7 nitrogen and oxygen atoms in total. The van der Waals surface area contributed by atoms with E-state index in [1.807, 2.05) is 0 Å². The summed E-state index contributed by atoms with van der Waals surface area (Å²) >= 11 is 4.94. The number of nitro groups is 1. The van der Waals surface area contributed by atoms with Crippen molar-refractivity contribution in [2.45, 2.75) is 13.5 Å². The molecule has 0 radical (unpaired) electrons. The molecule has 8 heteroatoms. The Labute approximate surface area is 89.8 Å². The Bertz CT molecular complexity index is 390. The van der Waals surface area contributed by atoms with Gasteiger partial charge in [-0.25, -0.2) is 14.3 Å². The third-order valence-corrected chi connectivity index (χ3v) is 1.86. The van der Waals surface area contributed by atoms with Crippen LogP contribution in [0.1, 0.15) is 5.82 Å². The van der Waals surface area contributed by atoms with Crippen LogP contribution in [0.5, 0.6) is 0 Å². The second-order valence-corrected chi connectivity index (χ2v) is 2.97. The van der Waals surface area contributed by atoms with Gasteiger partial charge in [0.1, 0.15) is 19.3 Å². The van der Waals surface area contributed by atoms with Crippen LogP contribution < -0.4 is 0 Å². The summed E-state index contributed by atoms with van der Waals surface area (Å²) < 4.78 is 5.79. The van der Waals surface area contributed by atoms with E-state index < -0.39 is 10.4 Å². The van der Waals surface area contributed by atoms with Gasteiger partial charge in [-0.1, -0.05) is 0 Å². The van der Waals surface area contributed by atoms with Gasteiger partial charge in [-0.15, -0.1) is 0 Å². The minimum atomic E-state index is -0.935. The van der Waals surface area contributed by atoms with Crippen molar-refractivity contribution in [2.24, 2.45) is 0 Å². The molecule has 0 aliphatic rings. The normalized spacial score (nSPS) is 10.0. The Balaban J connectivity index is 2.70. The number of rotatable bonds is 4. The quantitative estimate of drug-likeness (QED) is 0.446. The predicted molar refractivity (Wildman–Crippen MR) is 50.8 cm³/mol. The monoisotopic (exact) mass is 233 g/mol. The fourth-order valence-corrected chi connectivity index (χ4v) is 1.17. The zero-order chi connectivity index (χ0) is 11.4. The number of hydrogen-bond donors (Lipinski definition) is 0. The zero-order valence-electron chi connectivity index (χ0n) is 7.84. The SMILES string of the molecule is Cc1ncc([N+](=O)[O-])n1CCOC(=O)Cl. The summed E-state index contributed by atoms with van der Waals surface area (Å²) in [5.41, 5.74) is -0.935. The van der Waals surface area contributed by atoms with Gasteiger partial charge >= 0.3 is 11.2 Å². The molecular weight excluding hydrogens is 226 g/mol. The molecule has 1 rings (SSSR count). The van der Waals surface area contributed by atoms with Crippen molar-refractivity contribution in [1.29, 1.82) is 0 Å². The maximum atomic E-state index is 10.5. The van der Waals surface area contributed by atoms with Gasteiger partial charge in [-0.3, -0.25) is 0 Å². The lowest BCUT2D eigenvalue weighted by atomic mass is 10.6. The third kappa shape index (κ3) is 2.91. The number of carbonyl (C=O) groups is 1. The maximum Gasteiger partial charge on any atom is 0.403 e. The lowest BCUT2D eigenvalue weighted by Gasteiger charge is -2.02. The third-order valence-electron chi connectivity index (χ3n) is 1.75. The first-order valence-electron chi connectivity index (χ1n) is 4.01. The van der Waals surface area contributed by atoms with Crippen LogP contribution in [0.2, 0.25) is 0 Å². The van der Waals surface area contributed by atoms with Gasteiger partial charge in [-0.2, -0.15) is 0 Å². The van der Waals surface area contributed by atoms with Gasteiger partial charge in [0.05, 0.1) is 0 Å². The van der Waals surface area contributed by atoms with E-state index in [0.29, 0.717) is 5.82 Å². The maximum absolute atomic E-state index is 10.5. The molecule has 0 spiro atoms. The van der Waals surface area contributed by atoms with E-state index in [4.69, 9.17) is 11.6 Å². The summed E-state index contributed by atoms with van der Waals surface area (Å²) in [6.07, 6.45) is 1.15. The van der Waals surface area contributed by atoms with Crippen LogP contribution in [0, 0.1) is 17.0 Å². The summed E-state index contributed by atoms with van der Waals surface area (Å²) in [6, 6.07) is 0. The van der Waals surface area contributed by atoms with Crippen molar-refractivity contribution in [1.82, 2.24) is 9.55 Å². The van der Waals surface area contributed by atoms with E-state index in [1.165, 1.54) is 4.57 Å². The number of nitrogens with zero attached hydrogens (tertiary/aromatic N) is 3. The Hall–Kier alpha value is -1.63. The van der Waals surface area contributed by atoms with Gasteiger partial charge in [-0.05, 0) is 4.92 Å². The topological polar surface area (TPSA) is 87.3 Å². The van der Waals surface area contributed by atoms with Crippen LogP contribution in [0.4, 0.5) is 10.6 Å². The predicted octanol–water partition coefficient (Wildman–Crippen LogP) is 1.48. The Morgan fingerprint density at radius 2 is 2.47 bits per heavy atom. The summed E-state index contributed by atoms with van der Waals surface area (Å²) in [6.45, 7) is 1.75. The van der Waals surface area contributed by atoms with Gasteiger partial charge < -0.3 is 14.9 Å². The molecule has 0 atom stereocenters. The van der Waals surface area contributed by atoms with Crippen molar-refractivity contribution in [2.75, 3.05) is 6.61 Å². The largest absolute Gasteiger partial charge is 0.449 e. The standard InChI is InChI=1S/C7H8ClN3O4/c1-5-9-4-6(11(13)14)10(5)2-3-15-7(8)12/h4H,2-3H2,1H3. The van der Waals surface area contributed by atoms with Crippen molar-refractivity contribution in [3.8, 4) is 0 Å². The molecule has 0 saturated heterocycles. The number of imidazole rings is 1. The minimum Gasteiger partial charge on any atom is -0.449 e. The number of halogens is 1. The summed E-state index contributed by atoms with van der Waals surface area (Å²) in [5, 5.41) is 10.5. The van der Waals surface area contributed by atoms with Crippen molar-refractivity contribution in [3.63, 3.8) is 0 Å². The van der Waals surface area contributed by atoms with Crippen molar-refractivity contribution in [3.05, 3.63) is 22.1 Å². The van der Waals surface area contributed by atoms with Crippen LogP contribution >= 0.6 is 11.6 Å². The van der Waals surface area contributed by atoms with Gasteiger partial charge in [0.25, 0.3) is 0 Å². The van der Waals surface area contributed by atoms with Gasteiger partial charge in [0.2, 0.25) is 0 Å². The molecule has 15 heavy (non-hydrogen) atoms. The van der Waals surface area contributed by atoms with Crippen LogP contribution in [0.3, 0.4) is 0 Å². The lowest BCUT2D eigenvalue weighted by Crippen LogP contribution is -2.10.